The number of nitrogens with zero attached hydrogens (tertiary/aromatic N) is 2. The van der Waals surface area contributed by atoms with Gasteiger partial charge in [0.15, 0.2) is 5.13 Å². The van der Waals surface area contributed by atoms with Gasteiger partial charge in [-0.25, -0.2) is 9.97 Å². The van der Waals surface area contributed by atoms with Crippen LogP contribution in [0, 0.1) is 0 Å². The average molecular weight is 275 g/mol. The highest BCUT2D eigenvalue weighted by atomic mass is 32.1. The lowest BCUT2D eigenvalue weighted by Crippen LogP contribution is -1.81. The summed E-state index contributed by atoms with van der Waals surface area (Å²) in [4.78, 5) is 8.97. The Hall–Kier alpha value is -1.92. The molecule has 0 unspecified atom stereocenters. The monoisotopic (exact) mass is 275 g/mol. The van der Waals surface area contributed by atoms with Gasteiger partial charge in [-0.3, -0.25) is 0 Å². The molecule has 2 heterocycles. The minimum atomic E-state index is 0.00385. The first-order chi connectivity index (χ1) is 8.74. The van der Waals surface area contributed by atoms with Gasteiger partial charge >= 0.3 is 0 Å². The van der Waals surface area contributed by atoms with Crippen molar-refractivity contribution in [2.24, 2.45) is 0 Å². The first-order valence-corrected chi connectivity index (χ1v) is 6.90. The number of thiazole rings is 2. The largest absolute Gasteiger partial charge is 0.492 e. The third-order valence-corrected chi connectivity index (χ3v) is 4.17. The first-order valence-electron chi connectivity index (χ1n) is 5.20. The zero-order valence-electron chi connectivity index (χ0n) is 9.20. The van der Waals surface area contributed by atoms with Crippen LogP contribution in [-0.2, 0) is 0 Å². The Morgan fingerprint density at radius 3 is 2.56 bits per heavy atom. The third kappa shape index (κ3) is 1.96. The molecule has 0 saturated heterocycles. The van der Waals surface area contributed by atoms with E-state index in [1.54, 1.807) is 0 Å². The van der Waals surface area contributed by atoms with Crippen LogP contribution in [-0.4, -0.2) is 15.1 Å². The molecule has 0 atom stereocenters. The van der Waals surface area contributed by atoms with Gasteiger partial charge in [-0.2, -0.15) is 0 Å². The highest BCUT2D eigenvalue weighted by Crippen LogP contribution is 2.39. The van der Waals surface area contributed by atoms with Crippen LogP contribution in [0.5, 0.6) is 5.88 Å². The van der Waals surface area contributed by atoms with Crippen molar-refractivity contribution in [3.63, 3.8) is 0 Å². The Kier molecular flexibility index (Phi) is 2.73. The predicted octanol–water partition coefficient (Wildman–Crippen LogP) is 3.22. The average Bonchev–Trinajstić information content (AvgIpc) is 2.97. The van der Waals surface area contributed by atoms with Crippen LogP contribution < -0.4 is 5.73 Å². The number of benzene rings is 1. The molecule has 0 amide bonds. The number of nitrogen functional groups attached to an aromatic ring is 1. The molecule has 3 N–H and O–H groups in total. The van der Waals surface area contributed by atoms with Gasteiger partial charge in [-0.15, -0.1) is 22.7 Å². The fraction of sp³-hybridized carbons (Fsp3) is 0. The molecule has 3 aromatic rings. The normalized spacial score (nSPS) is 10.7. The summed E-state index contributed by atoms with van der Waals surface area (Å²) in [7, 11) is 0. The summed E-state index contributed by atoms with van der Waals surface area (Å²) in [5.74, 6) is 0.00385. The van der Waals surface area contributed by atoms with E-state index in [4.69, 9.17) is 5.73 Å². The lowest BCUT2D eigenvalue weighted by molar-refractivity contribution is 0.459. The molecule has 6 heteroatoms. The summed E-state index contributed by atoms with van der Waals surface area (Å²) in [5, 5.41) is 13.0. The van der Waals surface area contributed by atoms with Crippen LogP contribution in [0.1, 0.15) is 0 Å². The molecule has 0 bridgehead atoms. The summed E-state index contributed by atoms with van der Waals surface area (Å²) in [6, 6.07) is 9.73. The molecule has 1 aromatic carbocycles. The molecule has 4 nitrogen and oxygen atoms in total. The van der Waals surface area contributed by atoms with Crippen molar-refractivity contribution in [1.29, 1.82) is 0 Å². The fourth-order valence-corrected chi connectivity index (χ4v) is 3.13. The molecule has 18 heavy (non-hydrogen) atoms. The molecule has 0 aliphatic heterocycles. The molecular formula is C12H9N3OS2. The van der Waals surface area contributed by atoms with E-state index < -0.39 is 0 Å². The van der Waals surface area contributed by atoms with Gasteiger partial charge in [0, 0.05) is 10.9 Å². The molecule has 0 aliphatic carbocycles. The van der Waals surface area contributed by atoms with E-state index in [0.29, 0.717) is 15.7 Å². The highest BCUT2D eigenvalue weighted by Gasteiger charge is 2.15. The SMILES string of the molecule is Nc1nc(-c2sc(-c3ccccc3)nc2O)cs1. The van der Waals surface area contributed by atoms with Crippen molar-refractivity contribution < 1.29 is 5.11 Å². The van der Waals surface area contributed by atoms with E-state index >= 15 is 0 Å². The van der Waals surface area contributed by atoms with Crippen LogP contribution in [0.25, 0.3) is 21.1 Å². The number of anilines is 1. The number of hydrogen-bond donors (Lipinski definition) is 2. The zero-order valence-corrected chi connectivity index (χ0v) is 10.8. The van der Waals surface area contributed by atoms with Crippen LogP contribution in [0.3, 0.4) is 0 Å². The Labute approximate surface area is 111 Å². The van der Waals surface area contributed by atoms with Crippen LogP contribution in [0.2, 0.25) is 0 Å². The van der Waals surface area contributed by atoms with Crippen LogP contribution in [0.15, 0.2) is 35.7 Å². The second-order valence-electron chi connectivity index (χ2n) is 3.61. The molecular weight excluding hydrogens is 266 g/mol. The van der Waals surface area contributed by atoms with E-state index in [-0.39, 0.29) is 5.88 Å². The molecule has 0 spiro atoms. The maximum atomic E-state index is 9.88. The summed E-state index contributed by atoms with van der Waals surface area (Å²) >= 11 is 2.75. The van der Waals surface area contributed by atoms with Crippen LogP contribution >= 0.6 is 22.7 Å². The maximum Gasteiger partial charge on any atom is 0.232 e. The van der Waals surface area contributed by atoms with E-state index in [1.807, 2.05) is 35.7 Å². The minimum absolute atomic E-state index is 0.00385. The Balaban J connectivity index is 2.06. The quantitative estimate of drug-likeness (QED) is 0.753. The topological polar surface area (TPSA) is 72.0 Å². The van der Waals surface area contributed by atoms with Gasteiger partial charge in [0.05, 0.1) is 5.69 Å². The van der Waals surface area contributed by atoms with Gasteiger partial charge in [-0.05, 0) is 0 Å². The van der Waals surface area contributed by atoms with Crippen molar-refractivity contribution in [3.05, 3.63) is 35.7 Å². The van der Waals surface area contributed by atoms with Gasteiger partial charge < -0.3 is 10.8 Å². The van der Waals surface area contributed by atoms with E-state index in [0.717, 1.165) is 10.6 Å². The molecule has 0 aliphatic rings. The standard InChI is InChI=1S/C12H9N3OS2/c13-12-14-8(6-17-12)9-10(16)15-11(18-9)7-4-2-1-3-5-7/h1-6,16H,(H2,13,14). The second kappa shape index (κ2) is 4.40. The van der Waals surface area contributed by atoms with Gasteiger partial charge in [0.25, 0.3) is 0 Å². The van der Waals surface area contributed by atoms with Crippen molar-refractivity contribution in [3.8, 4) is 27.0 Å². The third-order valence-electron chi connectivity index (χ3n) is 2.38. The molecule has 2 aromatic heterocycles. The summed E-state index contributed by atoms with van der Waals surface area (Å²) in [5.41, 5.74) is 7.25. The summed E-state index contributed by atoms with van der Waals surface area (Å²) in [6.45, 7) is 0. The Morgan fingerprint density at radius 1 is 1.11 bits per heavy atom. The van der Waals surface area contributed by atoms with Gasteiger partial charge in [0.2, 0.25) is 5.88 Å². The first kappa shape index (κ1) is 11.2. The number of aromatic nitrogens is 2. The predicted molar refractivity (Wildman–Crippen MR) is 74.7 cm³/mol. The molecule has 0 fully saturated rings. The molecule has 0 saturated carbocycles. The summed E-state index contributed by atoms with van der Waals surface area (Å²) < 4.78 is 0. The number of nitrogens with two attached hydrogens (primary N) is 1. The van der Waals surface area contributed by atoms with Crippen molar-refractivity contribution in [2.45, 2.75) is 0 Å². The molecule has 90 valence electrons. The second-order valence-corrected chi connectivity index (χ2v) is 5.50. The maximum absolute atomic E-state index is 9.88. The van der Waals surface area contributed by atoms with Crippen molar-refractivity contribution >= 4 is 27.8 Å². The zero-order chi connectivity index (χ0) is 12.5. The fourth-order valence-electron chi connectivity index (χ4n) is 1.58. The Morgan fingerprint density at radius 2 is 1.89 bits per heavy atom. The number of hydrogen-bond acceptors (Lipinski definition) is 6. The van der Waals surface area contributed by atoms with Gasteiger partial charge in [0.1, 0.15) is 9.88 Å². The Bertz CT molecular complexity index is 676. The highest BCUT2D eigenvalue weighted by molar-refractivity contribution is 7.19. The van der Waals surface area contributed by atoms with Gasteiger partial charge in [-0.1, -0.05) is 30.3 Å². The summed E-state index contributed by atoms with van der Waals surface area (Å²) in [6.07, 6.45) is 0. The van der Waals surface area contributed by atoms with Crippen molar-refractivity contribution in [1.82, 2.24) is 9.97 Å². The van der Waals surface area contributed by atoms with E-state index in [9.17, 15) is 5.11 Å². The number of rotatable bonds is 2. The smallest absolute Gasteiger partial charge is 0.232 e. The minimum Gasteiger partial charge on any atom is -0.492 e. The van der Waals surface area contributed by atoms with Crippen molar-refractivity contribution in [2.75, 3.05) is 5.73 Å². The van der Waals surface area contributed by atoms with Crippen LogP contribution in [0.4, 0.5) is 5.13 Å². The molecule has 0 radical (unpaired) electrons. The molecule has 3 rings (SSSR count). The lowest BCUT2D eigenvalue weighted by atomic mass is 10.2. The number of aromatic hydroxyl groups is 1. The van der Waals surface area contributed by atoms with E-state index in [2.05, 4.69) is 9.97 Å². The van der Waals surface area contributed by atoms with E-state index in [1.165, 1.54) is 22.7 Å². The lowest BCUT2D eigenvalue weighted by Gasteiger charge is -1.92.